The Kier molecular flexibility index (Phi) is 7.41. The number of methoxy groups -OCH3 is 1. The minimum Gasteiger partial charge on any atom is -0.487 e. The molecule has 1 heterocycles. The molecule has 2 N–H and O–H groups in total. The monoisotopic (exact) mass is 356 g/mol. The molecule has 140 valence electrons. The number of hydrogen-bond acceptors (Lipinski definition) is 4. The number of hydrogen-bond donors (Lipinski definition) is 2. The summed E-state index contributed by atoms with van der Waals surface area (Å²) in [6.07, 6.45) is 1.77. The highest BCUT2D eigenvalue weighted by atomic mass is 16.5. The molecule has 0 fully saturated rings. The van der Waals surface area contributed by atoms with Crippen molar-refractivity contribution in [3.05, 3.63) is 59.9 Å². The predicted octanol–water partition coefficient (Wildman–Crippen LogP) is 2.75. The van der Waals surface area contributed by atoms with Crippen LogP contribution in [0.15, 0.2) is 53.7 Å². The standard InChI is InChI=1S/C20H28N4O2/c1-20(2,25-4)15-24-19(21-3)23-13-16-8-10-18(11-9-16)26-14-17-7-5-6-12-22-17/h5-12H,13-15H2,1-4H3,(H2,21,23,24). The summed E-state index contributed by atoms with van der Waals surface area (Å²) in [6, 6.07) is 13.8. The second kappa shape index (κ2) is 9.77. The van der Waals surface area contributed by atoms with Crippen LogP contribution in [0, 0.1) is 0 Å². The molecular weight excluding hydrogens is 328 g/mol. The van der Waals surface area contributed by atoms with E-state index in [1.54, 1.807) is 20.4 Å². The largest absolute Gasteiger partial charge is 0.487 e. The fourth-order valence-corrected chi connectivity index (χ4v) is 2.12. The molecule has 6 nitrogen and oxygen atoms in total. The lowest BCUT2D eigenvalue weighted by atomic mass is 10.1. The van der Waals surface area contributed by atoms with E-state index < -0.39 is 0 Å². The summed E-state index contributed by atoms with van der Waals surface area (Å²) in [5.74, 6) is 1.56. The zero-order valence-corrected chi connectivity index (χ0v) is 16.0. The van der Waals surface area contributed by atoms with E-state index in [1.165, 1.54) is 0 Å². The SMILES string of the molecule is CN=C(NCc1ccc(OCc2ccccn2)cc1)NCC(C)(C)OC. The lowest BCUT2D eigenvalue weighted by Crippen LogP contribution is -2.45. The Morgan fingerprint density at radius 1 is 1.12 bits per heavy atom. The fraction of sp³-hybridized carbons (Fsp3) is 0.400. The van der Waals surface area contributed by atoms with Crippen LogP contribution in [0.25, 0.3) is 0 Å². The first-order chi connectivity index (χ1) is 12.5. The first kappa shape index (κ1) is 19.7. The summed E-state index contributed by atoms with van der Waals surface area (Å²) in [4.78, 5) is 8.47. The molecule has 0 aliphatic heterocycles. The van der Waals surface area contributed by atoms with Gasteiger partial charge in [-0.15, -0.1) is 0 Å². The third-order valence-corrected chi connectivity index (χ3v) is 3.95. The van der Waals surface area contributed by atoms with Crippen molar-refractivity contribution >= 4 is 5.96 Å². The molecule has 0 saturated carbocycles. The first-order valence-corrected chi connectivity index (χ1v) is 8.64. The molecule has 0 unspecified atom stereocenters. The van der Waals surface area contributed by atoms with Crippen LogP contribution in [0.4, 0.5) is 0 Å². The zero-order chi connectivity index (χ0) is 18.8. The van der Waals surface area contributed by atoms with Crippen LogP contribution in [0.2, 0.25) is 0 Å². The molecular formula is C20H28N4O2. The summed E-state index contributed by atoms with van der Waals surface area (Å²) < 4.78 is 11.1. The molecule has 1 aromatic carbocycles. The van der Waals surface area contributed by atoms with Crippen molar-refractivity contribution in [3.63, 3.8) is 0 Å². The molecule has 6 heteroatoms. The third kappa shape index (κ3) is 6.72. The third-order valence-electron chi connectivity index (χ3n) is 3.95. The Morgan fingerprint density at radius 2 is 1.88 bits per heavy atom. The van der Waals surface area contributed by atoms with Crippen LogP contribution in [-0.4, -0.2) is 37.2 Å². The average molecular weight is 356 g/mol. The number of aromatic nitrogens is 1. The summed E-state index contributed by atoms with van der Waals surface area (Å²) in [5, 5.41) is 6.56. The number of aliphatic imine (C=N–C) groups is 1. The van der Waals surface area contributed by atoms with Crippen LogP contribution < -0.4 is 15.4 Å². The zero-order valence-electron chi connectivity index (χ0n) is 16.0. The molecule has 2 rings (SSSR count). The summed E-state index contributed by atoms with van der Waals surface area (Å²) in [6.45, 7) is 5.86. The van der Waals surface area contributed by atoms with Gasteiger partial charge in [0.1, 0.15) is 12.4 Å². The lowest BCUT2D eigenvalue weighted by molar-refractivity contribution is 0.0268. The molecule has 0 bridgehead atoms. The van der Waals surface area contributed by atoms with Crippen molar-refractivity contribution in [2.75, 3.05) is 20.7 Å². The van der Waals surface area contributed by atoms with Gasteiger partial charge in [-0.2, -0.15) is 0 Å². The Balaban J connectivity index is 1.79. The average Bonchev–Trinajstić information content (AvgIpc) is 2.68. The first-order valence-electron chi connectivity index (χ1n) is 8.64. The van der Waals surface area contributed by atoms with Gasteiger partial charge in [-0.05, 0) is 43.7 Å². The summed E-state index contributed by atoms with van der Waals surface area (Å²) in [7, 11) is 3.46. The fourth-order valence-electron chi connectivity index (χ4n) is 2.12. The summed E-state index contributed by atoms with van der Waals surface area (Å²) in [5.41, 5.74) is 1.81. The van der Waals surface area contributed by atoms with Crippen molar-refractivity contribution in [1.82, 2.24) is 15.6 Å². The minimum absolute atomic E-state index is 0.246. The van der Waals surface area contributed by atoms with Gasteiger partial charge >= 0.3 is 0 Å². The van der Waals surface area contributed by atoms with Gasteiger partial charge in [-0.1, -0.05) is 18.2 Å². The van der Waals surface area contributed by atoms with E-state index in [4.69, 9.17) is 9.47 Å². The Labute approximate surface area is 155 Å². The normalized spacial score (nSPS) is 11.9. The molecule has 0 radical (unpaired) electrons. The topological polar surface area (TPSA) is 67.8 Å². The Hall–Kier alpha value is -2.60. The molecule has 0 saturated heterocycles. The van der Waals surface area contributed by atoms with Gasteiger partial charge in [-0.25, -0.2) is 0 Å². The van der Waals surface area contributed by atoms with E-state index >= 15 is 0 Å². The van der Waals surface area contributed by atoms with Crippen molar-refractivity contribution < 1.29 is 9.47 Å². The van der Waals surface area contributed by atoms with Gasteiger partial charge in [-0.3, -0.25) is 9.98 Å². The van der Waals surface area contributed by atoms with Gasteiger partial charge < -0.3 is 20.1 Å². The quantitative estimate of drug-likeness (QED) is 0.562. The molecule has 1 aromatic heterocycles. The highest BCUT2D eigenvalue weighted by molar-refractivity contribution is 5.79. The van der Waals surface area contributed by atoms with Crippen LogP contribution >= 0.6 is 0 Å². The second-order valence-electron chi connectivity index (χ2n) is 6.50. The van der Waals surface area contributed by atoms with Gasteiger partial charge in [0, 0.05) is 33.4 Å². The molecule has 0 aliphatic rings. The molecule has 0 atom stereocenters. The Morgan fingerprint density at radius 3 is 2.50 bits per heavy atom. The van der Waals surface area contributed by atoms with E-state index in [1.807, 2.05) is 56.3 Å². The van der Waals surface area contributed by atoms with Gasteiger partial charge in [0.25, 0.3) is 0 Å². The number of benzene rings is 1. The van der Waals surface area contributed by atoms with Crippen LogP contribution in [0.5, 0.6) is 5.75 Å². The van der Waals surface area contributed by atoms with Gasteiger partial charge in [0.05, 0.1) is 11.3 Å². The number of nitrogens with one attached hydrogen (secondary N) is 2. The van der Waals surface area contributed by atoms with Crippen molar-refractivity contribution in [3.8, 4) is 5.75 Å². The maximum Gasteiger partial charge on any atom is 0.191 e. The molecule has 0 aliphatic carbocycles. The highest BCUT2D eigenvalue weighted by Gasteiger charge is 2.16. The van der Waals surface area contributed by atoms with Crippen molar-refractivity contribution in [2.24, 2.45) is 4.99 Å². The number of ether oxygens (including phenoxy) is 2. The van der Waals surface area contributed by atoms with Crippen LogP contribution in [0.1, 0.15) is 25.1 Å². The minimum atomic E-state index is -0.246. The van der Waals surface area contributed by atoms with Gasteiger partial charge in [0.2, 0.25) is 0 Å². The second-order valence-corrected chi connectivity index (χ2v) is 6.50. The van der Waals surface area contributed by atoms with Crippen molar-refractivity contribution in [2.45, 2.75) is 32.6 Å². The predicted molar refractivity (Wildman–Crippen MR) is 104 cm³/mol. The number of nitrogens with zero attached hydrogens (tertiary/aromatic N) is 2. The van der Waals surface area contributed by atoms with E-state index in [0.29, 0.717) is 19.7 Å². The van der Waals surface area contributed by atoms with E-state index in [-0.39, 0.29) is 5.60 Å². The highest BCUT2D eigenvalue weighted by Crippen LogP contribution is 2.13. The molecule has 26 heavy (non-hydrogen) atoms. The summed E-state index contributed by atoms with van der Waals surface area (Å²) >= 11 is 0. The molecule has 0 amide bonds. The van der Waals surface area contributed by atoms with Crippen LogP contribution in [0.3, 0.4) is 0 Å². The Bertz CT molecular complexity index is 685. The smallest absolute Gasteiger partial charge is 0.191 e. The number of pyridine rings is 1. The van der Waals surface area contributed by atoms with Crippen LogP contribution in [-0.2, 0) is 17.9 Å². The molecule has 2 aromatic rings. The molecule has 0 spiro atoms. The maximum absolute atomic E-state index is 5.75. The van der Waals surface area contributed by atoms with Crippen molar-refractivity contribution in [1.29, 1.82) is 0 Å². The van der Waals surface area contributed by atoms with E-state index in [9.17, 15) is 0 Å². The lowest BCUT2D eigenvalue weighted by Gasteiger charge is -2.24. The number of guanidine groups is 1. The van der Waals surface area contributed by atoms with E-state index in [2.05, 4.69) is 20.6 Å². The van der Waals surface area contributed by atoms with Gasteiger partial charge in [0.15, 0.2) is 5.96 Å². The maximum atomic E-state index is 5.75. The van der Waals surface area contributed by atoms with E-state index in [0.717, 1.165) is 23.0 Å². The number of rotatable bonds is 8.